The van der Waals surface area contributed by atoms with E-state index in [1.807, 2.05) is 19.2 Å². The highest BCUT2D eigenvalue weighted by atomic mass is 16.5. The maximum absolute atomic E-state index is 5.34. The molecule has 0 saturated heterocycles. The Morgan fingerprint density at radius 1 is 1.04 bits per heavy atom. The van der Waals surface area contributed by atoms with Gasteiger partial charge in [-0.05, 0) is 49.3 Å². The van der Waals surface area contributed by atoms with Gasteiger partial charge in [0, 0.05) is 20.1 Å². The van der Waals surface area contributed by atoms with Crippen LogP contribution in [0, 0.1) is 5.92 Å². The van der Waals surface area contributed by atoms with E-state index in [9.17, 15) is 0 Å². The first kappa shape index (κ1) is 20.1. The number of aryl methyl sites for hydroxylation is 1. The van der Waals surface area contributed by atoms with Crippen molar-refractivity contribution in [2.24, 2.45) is 10.9 Å². The molecule has 0 atom stereocenters. The molecule has 0 heterocycles. The maximum atomic E-state index is 5.34. The van der Waals surface area contributed by atoms with Crippen molar-refractivity contribution in [2.75, 3.05) is 34.4 Å². The first-order chi connectivity index (χ1) is 11.6. The smallest absolute Gasteiger partial charge is 0.190 e. The van der Waals surface area contributed by atoms with Gasteiger partial charge in [0.2, 0.25) is 0 Å². The molecule has 0 saturated carbocycles. The predicted octanol–water partition coefficient (Wildman–Crippen LogP) is 3.24. The molecule has 5 heteroatoms. The van der Waals surface area contributed by atoms with Gasteiger partial charge in [-0.15, -0.1) is 0 Å². The van der Waals surface area contributed by atoms with Crippen LogP contribution in [0.1, 0.15) is 38.7 Å². The third-order valence-corrected chi connectivity index (χ3v) is 3.86. The summed E-state index contributed by atoms with van der Waals surface area (Å²) in [4.78, 5) is 4.26. The summed E-state index contributed by atoms with van der Waals surface area (Å²) in [5.41, 5.74) is 1.24. The first-order valence-corrected chi connectivity index (χ1v) is 8.76. The number of rotatable bonds is 10. The maximum Gasteiger partial charge on any atom is 0.190 e. The van der Waals surface area contributed by atoms with E-state index in [1.165, 1.54) is 18.4 Å². The molecule has 24 heavy (non-hydrogen) atoms. The minimum absolute atomic E-state index is 0.753. The minimum atomic E-state index is 0.753. The van der Waals surface area contributed by atoms with Crippen LogP contribution in [0.2, 0.25) is 0 Å². The molecule has 1 rings (SSSR count). The summed E-state index contributed by atoms with van der Waals surface area (Å²) in [5, 5.41) is 6.72. The highest BCUT2D eigenvalue weighted by Crippen LogP contribution is 2.27. The molecule has 0 radical (unpaired) electrons. The van der Waals surface area contributed by atoms with E-state index in [4.69, 9.17) is 9.47 Å². The van der Waals surface area contributed by atoms with E-state index in [-0.39, 0.29) is 0 Å². The van der Waals surface area contributed by atoms with Crippen LogP contribution >= 0.6 is 0 Å². The molecule has 0 bridgehead atoms. The lowest BCUT2D eigenvalue weighted by molar-refractivity contribution is 0.354. The fourth-order valence-electron chi connectivity index (χ4n) is 2.47. The molecule has 5 nitrogen and oxygen atoms in total. The zero-order valence-electron chi connectivity index (χ0n) is 15.8. The van der Waals surface area contributed by atoms with Gasteiger partial charge in [-0.3, -0.25) is 4.99 Å². The average Bonchev–Trinajstić information content (AvgIpc) is 2.59. The van der Waals surface area contributed by atoms with Gasteiger partial charge in [-0.1, -0.05) is 19.9 Å². The van der Waals surface area contributed by atoms with Gasteiger partial charge in [0.05, 0.1) is 14.2 Å². The van der Waals surface area contributed by atoms with E-state index in [0.717, 1.165) is 49.3 Å². The standard InChI is InChI=1S/C19H33N3O2/c1-15(2)8-6-12-21-19(20-3)22-13-7-9-16-10-11-17(23-4)18(14-16)24-5/h10-11,14-15H,6-9,12-13H2,1-5H3,(H2,20,21,22). The molecule has 0 aliphatic rings. The predicted molar refractivity (Wildman–Crippen MR) is 101 cm³/mol. The number of ether oxygens (including phenoxy) is 2. The van der Waals surface area contributed by atoms with Crippen molar-refractivity contribution in [2.45, 2.75) is 39.5 Å². The number of methoxy groups -OCH3 is 2. The van der Waals surface area contributed by atoms with Crippen molar-refractivity contribution >= 4 is 5.96 Å². The van der Waals surface area contributed by atoms with Crippen molar-refractivity contribution in [3.63, 3.8) is 0 Å². The van der Waals surface area contributed by atoms with Crippen LogP contribution in [-0.2, 0) is 6.42 Å². The number of nitrogens with zero attached hydrogens (tertiary/aromatic N) is 1. The molecular formula is C19H33N3O2. The van der Waals surface area contributed by atoms with Gasteiger partial charge in [0.15, 0.2) is 17.5 Å². The number of nitrogens with one attached hydrogen (secondary N) is 2. The lowest BCUT2D eigenvalue weighted by atomic mass is 10.1. The van der Waals surface area contributed by atoms with Crippen molar-refractivity contribution in [1.82, 2.24) is 10.6 Å². The SMILES string of the molecule is CN=C(NCCCc1ccc(OC)c(OC)c1)NCCCC(C)C. The van der Waals surface area contributed by atoms with Gasteiger partial charge in [-0.2, -0.15) is 0 Å². The van der Waals surface area contributed by atoms with E-state index in [2.05, 4.69) is 35.5 Å². The second-order valence-corrected chi connectivity index (χ2v) is 6.25. The van der Waals surface area contributed by atoms with Gasteiger partial charge in [0.25, 0.3) is 0 Å². The quantitative estimate of drug-likeness (QED) is 0.391. The Morgan fingerprint density at radius 3 is 2.29 bits per heavy atom. The number of hydrogen-bond acceptors (Lipinski definition) is 3. The Balaban J connectivity index is 2.29. The molecule has 0 spiro atoms. The lowest BCUT2D eigenvalue weighted by Crippen LogP contribution is -2.38. The second-order valence-electron chi connectivity index (χ2n) is 6.25. The van der Waals surface area contributed by atoms with E-state index in [0.29, 0.717) is 0 Å². The molecule has 136 valence electrons. The van der Waals surface area contributed by atoms with Crippen molar-refractivity contribution in [3.8, 4) is 11.5 Å². The summed E-state index contributed by atoms with van der Waals surface area (Å²) >= 11 is 0. The third kappa shape index (κ3) is 7.57. The number of guanidine groups is 1. The molecule has 1 aromatic carbocycles. The summed E-state index contributed by atoms with van der Waals surface area (Å²) < 4.78 is 10.6. The lowest BCUT2D eigenvalue weighted by Gasteiger charge is -2.13. The van der Waals surface area contributed by atoms with Gasteiger partial charge in [0.1, 0.15) is 0 Å². The summed E-state index contributed by atoms with van der Waals surface area (Å²) in [6.07, 6.45) is 4.42. The number of benzene rings is 1. The molecule has 2 N–H and O–H groups in total. The topological polar surface area (TPSA) is 54.9 Å². The van der Waals surface area contributed by atoms with Crippen LogP contribution in [0.4, 0.5) is 0 Å². The number of aliphatic imine (C=N–C) groups is 1. The highest BCUT2D eigenvalue weighted by molar-refractivity contribution is 5.79. The largest absolute Gasteiger partial charge is 0.493 e. The molecule has 0 aromatic heterocycles. The number of hydrogen-bond donors (Lipinski definition) is 2. The monoisotopic (exact) mass is 335 g/mol. The van der Waals surface area contributed by atoms with Gasteiger partial charge in [-0.25, -0.2) is 0 Å². The van der Waals surface area contributed by atoms with E-state index in [1.54, 1.807) is 14.2 Å². The Labute approximate surface area is 146 Å². The Hall–Kier alpha value is -1.91. The molecule has 0 amide bonds. The molecule has 0 fully saturated rings. The molecule has 1 aromatic rings. The van der Waals surface area contributed by atoms with Crippen LogP contribution in [0.15, 0.2) is 23.2 Å². The Kier molecular flexibility index (Phi) is 9.73. The fourth-order valence-corrected chi connectivity index (χ4v) is 2.47. The molecular weight excluding hydrogens is 302 g/mol. The van der Waals surface area contributed by atoms with E-state index < -0.39 is 0 Å². The van der Waals surface area contributed by atoms with Gasteiger partial charge < -0.3 is 20.1 Å². The highest BCUT2D eigenvalue weighted by Gasteiger charge is 2.04. The minimum Gasteiger partial charge on any atom is -0.493 e. The third-order valence-electron chi connectivity index (χ3n) is 3.86. The van der Waals surface area contributed by atoms with Crippen LogP contribution < -0.4 is 20.1 Å². The summed E-state index contributed by atoms with van der Waals surface area (Å²) in [6.45, 7) is 6.36. The Morgan fingerprint density at radius 2 is 1.71 bits per heavy atom. The summed E-state index contributed by atoms with van der Waals surface area (Å²) in [6, 6.07) is 6.08. The normalized spacial score (nSPS) is 11.5. The zero-order chi connectivity index (χ0) is 17.8. The van der Waals surface area contributed by atoms with Gasteiger partial charge >= 0.3 is 0 Å². The van der Waals surface area contributed by atoms with Crippen LogP contribution in [0.5, 0.6) is 11.5 Å². The second kappa shape index (κ2) is 11.6. The van der Waals surface area contributed by atoms with Crippen LogP contribution in [0.25, 0.3) is 0 Å². The molecule has 0 aliphatic carbocycles. The molecule has 0 aliphatic heterocycles. The summed E-state index contributed by atoms with van der Waals surface area (Å²) in [7, 11) is 5.13. The van der Waals surface area contributed by atoms with Crippen molar-refractivity contribution in [3.05, 3.63) is 23.8 Å². The van der Waals surface area contributed by atoms with Crippen LogP contribution in [0.3, 0.4) is 0 Å². The van der Waals surface area contributed by atoms with Crippen LogP contribution in [-0.4, -0.2) is 40.3 Å². The fraction of sp³-hybridized carbons (Fsp3) is 0.632. The summed E-state index contributed by atoms with van der Waals surface area (Å²) in [5.74, 6) is 3.19. The Bertz CT molecular complexity index is 501. The first-order valence-electron chi connectivity index (χ1n) is 8.76. The zero-order valence-corrected chi connectivity index (χ0v) is 15.8. The average molecular weight is 335 g/mol. The van der Waals surface area contributed by atoms with Crippen molar-refractivity contribution < 1.29 is 9.47 Å². The molecule has 0 unspecified atom stereocenters. The van der Waals surface area contributed by atoms with Crippen molar-refractivity contribution in [1.29, 1.82) is 0 Å². The van der Waals surface area contributed by atoms with E-state index >= 15 is 0 Å².